The van der Waals surface area contributed by atoms with Crippen LogP contribution in [-0.4, -0.2) is 60.1 Å². The minimum atomic E-state index is -0.382. The quantitative estimate of drug-likeness (QED) is 0.883. The van der Waals surface area contributed by atoms with Crippen molar-refractivity contribution in [2.45, 2.75) is 25.4 Å². The summed E-state index contributed by atoms with van der Waals surface area (Å²) in [5, 5.41) is 0. The van der Waals surface area contributed by atoms with Crippen LogP contribution in [0.5, 0.6) is 0 Å². The van der Waals surface area contributed by atoms with Crippen molar-refractivity contribution in [3.8, 4) is 0 Å². The molecule has 1 atom stereocenters. The third-order valence-corrected chi connectivity index (χ3v) is 3.61. The molecule has 0 spiro atoms. The van der Waals surface area contributed by atoms with Crippen LogP contribution in [0.15, 0.2) is 23.1 Å². The number of amides is 2. The largest absolute Gasteiger partial charge is 0.444 e. The van der Waals surface area contributed by atoms with Gasteiger partial charge in [0, 0.05) is 45.7 Å². The molecule has 0 aromatic carbocycles. The molecule has 0 aliphatic carbocycles. The topological polar surface area (TPSA) is 82.7 Å². The average molecular weight is 307 g/mol. The molecule has 7 heteroatoms. The lowest BCUT2D eigenvalue weighted by molar-refractivity contribution is -0.130. The molecule has 1 aliphatic rings. The third-order valence-electron chi connectivity index (χ3n) is 3.61. The fourth-order valence-electron chi connectivity index (χ4n) is 2.31. The molecule has 1 unspecified atom stereocenters. The predicted octanol–water partition coefficient (Wildman–Crippen LogP) is 0.607. The van der Waals surface area contributed by atoms with Gasteiger partial charge in [0.2, 0.25) is 11.5 Å². The van der Waals surface area contributed by atoms with Crippen LogP contribution in [0.3, 0.4) is 0 Å². The maximum absolute atomic E-state index is 12.2. The van der Waals surface area contributed by atoms with Gasteiger partial charge in [-0.1, -0.05) is 6.07 Å². The SMILES string of the molecule is CN(C)C(=O)OC1CCN(C(=O)CCc2ccc(=O)[nH]c2)C1. The fraction of sp³-hybridized carbons (Fsp3) is 0.533. The Morgan fingerprint density at radius 2 is 2.18 bits per heavy atom. The number of pyridine rings is 1. The van der Waals surface area contributed by atoms with Gasteiger partial charge in [-0.3, -0.25) is 9.59 Å². The molecular weight excluding hydrogens is 286 g/mol. The van der Waals surface area contributed by atoms with E-state index in [4.69, 9.17) is 4.74 Å². The molecule has 0 radical (unpaired) electrons. The van der Waals surface area contributed by atoms with Crippen molar-refractivity contribution in [3.63, 3.8) is 0 Å². The molecule has 2 amide bonds. The molecule has 22 heavy (non-hydrogen) atoms. The number of nitrogens with one attached hydrogen (secondary N) is 1. The van der Waals surface area contributed by atoms with Crippen molar-refractivity contribution in [2.75, 3.05) is 27.2 Å². The van der Waals surface area contributed by atoms with Crippen molar-refractivity contribution in [3.05, 3.63) is 34.2 Å². The minimum Gasteiger partial charge on any atom is -0.444 e. The molecule has 1 saturated heterocycles. The summed E-state index contributed by atoms with van der Waals surface area (Å²) in [6.07, 6.45) is 2.64. The van der Waals surface area contributed by atoms with E-state index in [0.717, 1.165) is 5.56 Å². The van der Waals surface area contributed by atoms with E-state index in [1.165, 1.54) is 11.0 Å². The summed E-state index contributed by atoms with van der Waals surface area (Å²) < 4.78 is 5.28. The fourth-order valence-corrected chi connectivity index (χ4v) is 2.31. The molecule has 120 valence electrons. The molecular formula is C15H21N3O4. The van der Waals surface area contributed by atoms with E-state index < -0.39 is 0 Å². The van der Waals surface area contributed by atoms with E-state index in [2.05, 4.69) is 4.98 Å². The van der Waals surface area contributed by atoms with Crippen LogP contribution in [0.2, 0.25) is 0 Å². The monoisotopic (exact) mass is 307 g/mol. The van der Waals surface area contributed by atoms with Gasteiger partial charge in [-0.2, -0.15) is 0 Å². The van der Waals surface area contributed by atoms with Crippen molar-refractivity contribution in [2.24, 2.45) is 0 Å². The second kappa shape index (κ2) is 7.11. The van der Waals surface area contributed by atoms with E-state index in [0.29, 0.717) is 32.4 Å². The number of ether oxygens (including phenoxy) is 1. The van der Waals surface area contributed by atoms with E-state index in [-0.39, 0.29) is 23.7 Å². The Bertz CT molecular complexity index is 576. The highest BCUT2D eigenvalue weighted by molar-refractivity contribution is 5.77. The first kappa shape index (κ1) is 16.1. The molecule has 2 rings (SSSR count). The van der Waals surface area contributed by atoms with Crippen LogP contribution in [0.4, 0.5) is 4.79 Å². The predicted molar refractivity (Wildman–Crippen MR) is 80.5 cm³/mol. The number of nitrogens with zero attached hydrogens (tertiary/aromatic N) is 2. The first-order valence-corrected chi connectivity index (χ1v) is 7.29. The number of H-pyrrole nitrogens is 1. The number of aromatic amines is 1. The Morgan fingerprint density at radius 1 is 1.41 bits per heavy atom. The molecule has 0 saturated carbocycles. The number of hydrogen-bond acceptors (Lipinski definition) is 4. The zero-order chi connectivity index (χ0) is 16.1. The molecule has 1 aromatic rings. The van der Waals surface area contributed by atoms with Gasteiger partial charge < -0.3 is 19.5 Å². The number of aryl methyl sites for hydroxylation is 1. The van der Waals surface area contributed by atoms with Crippen LogP contribution in [-0.2, 0) is 16.0 Å². The molecule has 1 aliphatic heterocycles. The van der Waals surface area contributed by atoms with E-state index >= 15 is 0 Å². The Hall–Kier alpha value is -2.31. The van der Waals surface area contributed by atoms with E-state index in [1.54, 1.807) is 31.3 Å². The lowest BCUT2D eigenvalue weighted by Crippen LogP contribution is -2.33. The Kier molecular flexibility index (Phi) is 5.19. The molecule has 1 fully saturated rings. The smallest absolute Gasteiger partial charge is 0.409 e. The Morgan fingerprint density at radius 3 is 2.82 bits per heavy atom. The van der Waals surface area contributed by atoms with Gasteiger partial charge in [0.15, 0.2) is 0 Å². The summed E-state index contributed by atoms with van der Waals surface area (Å²) in [5.41, 5.74) is 0.767. The normalized spacial score (nSPS) is 17.4. The average Bonchev–Trinajstić information content (AvgIpc) is 2.95. The number of hydrogen-bond donors (Lipinski definition) is 1. The number of aromatic nitrogens is 1. The molecule has 1 aromatic heterocycles. The summed E-state index contributed by atoms with van der Waals surface area (Å²) in [6, 6.07) is 3.17. The van der Waals surface area contributed by atoms with E-state index in [1.807, 2.05) is 0 Å². The second-order valence-electron chi connectivity index (χ2n) is 5.59. The van der Waals surface area contributed by atoms with E-state index in [9.17, 15) is 14.4 Å². The molecule has 1 N–H and O–H groups in total. The van der Waals surface area contributed by atoms with Gasteiger partial charge in [0.05, 0.1) is 6.54 Å². The minimum absolute atomic E-state index is 0.0367. The van der Waals surface area contributed by atoms with Gasteiger partial charge in [0.25, 0.3) is 0 Å². The van der Waals surface area contributed by atoms with Crippen molar-refractivity contribution < 1.29 is 14.3 Å². The first-order chi connectivity index (χ1) is 10.5. The number of rotatable bonds is 4. The lowest BCUT2D eigenvalue weighted by atomic mass is 10.1. The third kappa shape index (κ3) is 4.34. The van der Waals surface area contributed by atoms with Crippen molar-refractivity contribution >= 4 is 12.0 Å². The summed E-state index contributed by atoms with van der Waals surface area (Å²) in [7, 11) is 3.26. The lowest BCUT2D eigenvalue weighted by Gasteiger charge is -2.18. The highest BCUT2D eigenvalue weighted by atomic mass is 16.6. The summed E-state index contributed by atoms with van der Waals surface area (Å²) >= 11 is 0. The van der Waals surface area contributed by atoms with Gasteiger partial charge >= 0.3 is 6.09 Å². The molecule has 7 nitrogen and oxygen atoms in total. The van der Waals surface area contributed by atoms with Crippen molar-refractivity contribution in [1.82, 2.24) is 14.8 Å². The number of carbonyl (C=O) groups excluding carboxylic acids is 2. The number of likely N-dealkylation sites (tertiary alicyclic amines) is 1. The van der Waals surface area contributed by atoms with Crippen LogP contribution in [0.25, 0.3) is 0 Å². The van der Waals surface area contributed by atoms with Crippen LogP contribution in [0.1, 0.15) is 18.4 Å². The highest BCUT2D eigenvalue weighted by Gasteiger charge is 2.28. The zero-order valence-electron chi connectivity index (χ0n) is 12.9. The zero-order valence-corrected chi connectivity index (χ0v) is 12.9. The molecule has 2 heterocycles. The Labute approximate surface area is 128 Å². The van der Waals surface area contributed by atoms with Gasteiger partial charge in [0.1, 0.15) is 6.10 Å². The Balaban J connectivity index is 1.78. The summed E-state index contributed by atoms with van der Waals surface area (Å²) in [5.74, 6) is 0.0367. The maximum Gasteiger partial charge on any atom is 0.409 e. The van der Waals surface area contributed by atoms with Crippen molar-refractivity contribution in [1.29, 1.82) is 0 Å². The molecule has 0 bridgehead atoms. The van der Waals surface area contributed by atoms with Crippen LogP contribution in [0, 0.1) is 0 Å². The van der Waals surface area contributed by atoms with Gasteiger partial charge in [-0.15, -0.1) is 0 Å². The maximum atomic E-state index is 12.2. The van der Waals surface area contributed by atoms with Gasteiger partial charge in [-0.05, 0) is 12.0 Å². The van der Waals surface area contributed by atoms with Crippen LogP contribution < -0.4 is 5.56 Å². The summed E-state index contributed by atoms with van der Waals surface area (Å²) in [4.78, 5) is 40.3. The standard InChI is InChI=1S/C15H21N3O4/c1-17(2)15(21)22-12-7-8-18(10-12)14(20)6-4-11-3-5-13(19)16-9-11/h3,5,9,12H,4,6-8,10H2,1-2H3,(H,16,19). The first-order valence-electron chi connectivity index (χ1n) is 7.29. The van der Waals surface area contributed by atoms with Gasteiger partial charge in [-0.25, -0.2) is 4.79 Å². The summed E-state index contributed by atoms with van der Waals surface area (Å²) in [6.45, 7) is 1.06. The van der Waals surface area contributed by atoms with Crippen LogP contribution >= 0.6 is 0 Å². The second-order valence-corrected chi connectivity index (χ2v) is 5.59. The number of carbonyl (C=O) groups is 2. The highest BCUT2D eigenvalue weighted by Crippen LogP contribution is 2.15.